The molecule has 6 atom stereocenters. The molecule has 0 amide bonds. The van der Waals surface area contributed by atoms with Gasteiger partial charge in [-0.15, -0.1) is 0 Å². The van der Waals surface area contributed by atoms with Crippen LogP contribution in [0, 0.1) is 47.3 Å². The summed E-state index contributed by atoms with van der Waals surface area (Å²) in [6.45, 7) is 22.4. The van der Waals surface area contributed by atoms with Crippen LogP contribution in [0.4, 0.5) is 0 Å². The maximum atomic E-state index is 7.10. The van der Waals surface area contributed by atoms with Crippen molar-refractivity contribution < 1.29 is 9.39 Å². The first kappa shape index (κ1) is 32.5. The zero-order valence-electron chi connectivity index (χ0n) is 26.7. The molecule has 3 rings (SSSR count). The van der Waals surface area contributed by atoms with Gasteiger partial charge in [-0.1, -0.05) is 117 Å². The lowest BCUT2D eigenvalue weighted by Crippen LogP contribution is -2.36. The Balaban J connectivity index is 1.84. The minimum absolute atomic E-state index is 0.0616. The predicted molar refractivity (Wildman–Crippen MR) is 173 cm³/mol. The third kappa shape index (κ3) is 11.1. The van der Waals surface area contributed by atoms with Gasteiger partial charge >= 0.3 is 6.92 Å². The second kappa shape index (κ2) is 15.3. The molecule has 2 nitrogen and oxygen atoms in total. The molecule has 0 unspecified atom stereocenters. The van der Waals surface area contributed by atoms with Crippen LogP contribution in [0.3, 0.4) is 0 Å². The highest BCUT2D eigenvalue weighted by molar-refractivity contribution is 8.04. The first-order valence-electron chi connectivity index (χ1n) is 16.1. The van der Waals surface area contributed by atoms with Gasteiger partial charge in [0.05, 0.1) is 0 Å². The fraction of sp³-hybridized carbons (Fsp3) is 0.771. The number of rotatable bonds is 12. The summed E-state index contributed by atoms with van der Waals surface area (Å²) in [4.78, 5) is 0. The van der Waals surface area contributed by atoms with E-state index < -0.39 is 0 Å². The van der Waals surface area contributed by atoms with E-state index in [1.807, 2.05) is 18.0 Å². The van der Waals surface area contributed by atoms with Crippen molar-refractivity contribution in [3.63, 3.8) is 0 Å². The Bertz CT molecular complexity index is 827. The fourth-order valence-corrected chi connectivity index (χ4v) is 8.44. The van der Waals surface area contributed by atoms with Gasteiger partial charge in [0.2, 0.25) is 0 Å². The summed E-state index contributed by atoms with van der Waals surface area (Å²) < 4.78 is 13.3. The monoisotopic (exact) mass is 554 g/mol. The van der Waals surface area contributed by atoms with E-state index in [0.717, 1.165) is 52.4 Å². The van der Waals surface area contributed by atoms with E-state index in [4.69, 9.17) is 9.39 Å². The molecule has 0 spiro atoms. The van der Waals surface area contributed by atoms with Crippen LogP contribution in [-0.2, 0) is 16.0 Å². The maximum absolute atomic E-state index is 7.10. The number of thioether (sulfide) groups is 1. The van der Waals surface area contributed by atoms with E-state index in [-0.39, 0.29) is 11.7 Å². The summed E-state index contributed by atoms with van der Waals surface area (Å²) in [5.41, 5.74) is 1.19. The van der Waals surface area contributed by atoms with Gasteiger partial charge in [-0.3, -0.25) is 0 Å². The highest BCUT2D eigenvalue weighted by Gasteiger charge is 2.39. The highest BCUT2D eigenvalue weighted by Crippen LogP contribution is 2.45. The SMILES string of the molecule is CC(C)[C@H]1CC[C@H](C)C[C@H]1CB(C[C@@H]1C[C@@H](C)CC[C@@H]1C(C)C)O/C(=C/OCc1ccccc1)SC(C)(C)C. The summed E-state index contributed by atoms with van der Waals surface area (Å²) in [6.07, 6.45) is 12.5. The molecule has 0 N–H and O–H groups in total. The number of hydrogen-bond donors (Lipinski definition) is 0. The Morgan fingerprint density at radius 3 is 1.85 bits per heavy atom. The quantitative estimate of drug-likeness (QED) is 0.189. The average molecular weight is 555 g/mol. The van der Waals surface area contributed by atoms with Gasteiger partial charge in [-0.05, 0) is 91.2 Å². The average Bonchev–Trinajstić information content (AvgIpc) is 2.83. The lowest BCUT2D eigenvalue weighted by molar-refractivity contribution is 0.145. The Hall–Kier alpha value is -1.03. The molecule has 39 heavy (non-hydrogen) atoms. The largest absolute Gasteiger partial charge is 0.554 e. The molecule has 2 fully saturated rings. The summed E-state index contributed by atoms with van der Waals surface area (Å²) in [6, 6.07) is 10.5. The molecule has 0 bridgehead atoms. The van der Waals surface area contributed by atoms with Crippen molar-refractivity contribution in [2.75, 3.05) is 0 Å². The van der Waals surface area contributed by atoms with Gasteiger partial charge in [0.1, 0.15) is 12.9 Å². The molecule has 0 saturated heterocycles. The molecular formula is C35H59BO2S. The summed E-state index contributed by atoms with van der Waals surface area (Å²) in [5.74, 6) is 6.29. The Morgan fingerprint density at radius 2 is 1.38 bits per heavy atom. The van der Waals surface area contributed by atoms with Gasteiger partial charge < -0.3 is 9.39 Å². The molecule has 0 radical (unpaired) electrons. The van der Waals surface area contributed by atoms with Gasteiger partial charge in [0.15, 0.2) is 5.09 Å². The van der Waals surface area contributed by atoms with Crippen molar-refractivity contribution in [1.82, 2.24) is 0 Å². The second-order valence-electron chi connectivity index (χ2n) is 14.8. The second-order valence-corrected chi connectivity index (χ2v) is 16.7. The summed E-state index contributed by atoms with van der Waals surface area (Å²) >= 11 is 1.82. The van der Waals surface area contributed by atoms with Crippen molar-refractivity contribution >= 4 is 18.7 Å². The topological polar surface area (TPSA) is 18.5 Å². The van der Waals surface area contributed by atoms with Crippen LogP contribution in [0.1, 0.15) is 106 Å². The van der Waals surface area contributed by atoms with Crippen LogP contribution in [-0.4, -0.2) is 11.7 Å². The number of hydrogen-bond acceptors (Lipinski definition) is 3. The normalized spacial score (nSPS) is 28.5. The van der Waals surface area contributed by atoms with E-state index in [2.05, 4.69) is 92.6 Å². The van der Waals surface area contributed by atoms with Gasteiger partial charge in [-0.25, -0.2) is 0 Å². The molecule has 4 heteroatoms. The molecule has 2 saturated carbocycles. The summed E-state index contributed by atoms with van der Waals surface area (Å²) in [7, 11) is 0. The number of ether oxygens (including phenoxy) is 1. The third-order valence-electron chi connectivity index (χ3n) is 9.41. The molecule has 0 heterocycles. The van der Waals surface area contributed by atoms with Crippen LogP contribution < -0.4 is 0 Å². The summed E-state index contributed by atoms with van der Waals surface area (Å²) in [5, 5.41) is 0.957. The third-order valence-corrected chi connectivity index (χ3v) is 10.4. The van der Waals surface area contributed by atoms with Crippen LogP contribution in [0.25, 0.3) is 0 Å². The minimum Gasteiger partial charge on any atom is -0.554 e. The smallest absolute Gasteiger partial charge is 0.359 e. The molecule has 1 aromatic rings. The van der Waals surface area contributed by atoms with Gasteiger partial charge in [0, 0.05) is 4.75 Å². The lowest BCUT2D eigenvalue weighted by Gasteiger charge is -2.41. The first-order chi connectivity index (χ1) is 18.4. The maximum Gasteiger partial charge on any atom is 0.359 e. The molecule has 1 aromatic carbocycles. The van der Waals surface area contributed by atoms with Crippen LogP contribution >= 0.6 is 11.8 Å². The Labute approximate surface area is 247 Å². The minimum atomic E-state index is 0.0616. The predicted octanol–water partition coefficient (Wildman–Crippen LogP) is 11.0. The van der Waals surface area contributed by atoms with Crippen LogP contribution in [0.5, 0.6) is 0 Å². The van der Waals surface area contributed by atoms with E-state index in [1.54, 1.807) is 0 Å². The van der Waals surface area contributed by atoms with E-state index in [9.17, 15) is 0 Å². The Morgan fingerprint density at radius 1 is 0.872 bits per heavy atom. The van der Waals surface area contributed by atoms with E-state index in [1.165, 1.54) is 56.7 Å². The molecule has 0 aliphatic heterocycles. The van der Waals surface area contributed by atoms with Crippen molar-refractivity contribution in [3.8, 4) is 0 Å². The fourth-order valence-electron chi connectivity index (χ4n) is 7.53. The van der Waals surface area contributed by atoms with Crippen molar-refractivity contribution in [3.05, 3.63) is 47.2 Å². The van der Waals surface area contributed by atoms with Gasteiger partial charge in [-0.2, -0.15) is 0 Å². The zero-order valence-corrected chi connectivity index (χ0v) is 27.6. The molecule has 2 aliphatic rings. The Kier molecular flexibility index (Phi) is 12.7. The van der Waals surface area contributed by atoms with Crippen molar-refractivity contribution in [2.45, 2.75) is 125 Å². The van der Waals surface area contributed by atoms with E-state index >= 15 is 0 Å². The lowest BCUT2D eigenvalue weighted by atomic mass is 9.49. The van der Waals surface area contributed by atoms with Crippen LogP contribution in [0.2, 0.25) is 12.6 Å². The van der Waals surface area contributed by atoms with E-state index in [0.29, 0.717) is 6.61 Å². The van der Waals surface area contributed by atoms with Crippen LogP contribution in [0.15, 0.2) is 41.7 Å². The molecule has 220 valence electrons. The zero-order chi connectivity index (χ0) is 28.6. The standard InChI is InChI=1S/C35H59BO2S/c1-25(2)32-17-15-27(5)19-30(32)21-36(22-31-20-28(6)16-18-33(31)26(3)4)38-34(39-35(7,8)9)24-37-23-29-13-11-10-12-14-29/h10-14,24-28,30-33H,15-23H2,1-9H3/b34-24-/t27-,28-,30-,31-,32+,33+/m0/s1. The molecule has 0 aromatic heterocycles. The van der Waals surface area contributed by atoms with Gasteiger partial charge in [0.25, 0.3) is 0 Å². The van der Waals surface area contributed by atoms with Crippen molar-refractivity contribution in [1.29, 1.82) is 0 Å². The molecular weight excluding hydrogens is 495 g/mol. The number of benzene rings is 1. The van der Waals surface area contributed by atoms with Crippen molar-refractivity contribution in [2.24, 2.45) is 47.3 Å². The first-order valence-corrected chi connectivity index (χ1v) is 16.9. The highest BCUT2D eigenvalue weighted by atomic mass is 32.2. The molecule has 2 aliphatic carbocycles.